The predicted octanol–water partition coefficient (Wildman–Crippen LogP) is 3.11. The number of aliphatic carboxylic acids is 1. The second-order valence-electron chi connectivity index (χ2n) is 3.83. The van der Waals surface area contributed by atoms with E-state index in [0.717, 1.165) is 6.20 Å². The van der Waals surface area contributed by atoms with Crippen molar-refractivity contribution in [2.45, 2.75) is 6.04 Å². The van der Waals surface area contributed by atoms with E-state index in [9.17, 15) is 14.3 Å². The van der Waals surface area contributed by atoms with E-state index >= 15 is 0 Å². The van der Waals surface area contributed by atoms with Gasteiger partial charge in [0.05, 0.1) is 18.1 Å². The predicted molar refractivity (Wildman–Crippen MR) is 69.6 cm³/mol. The fraction of sp³-hybridized carbons (Fsp3) is 0.0769. The molecule has 4 nitrogen and oxygen atoms in total. The molecule has 6 heteroatoms. The average molecular weight is 281 g/mol. The van der Waals surface area contributed by atoms with Crippen LogP contribution in [-0.2, 0) is 4.79 Å². The first-order chi connectivity index (χ1) is 9.08. The van der Waals surface area contributed by atoms with Gasteiger partial charge in [-0.1, -0.05) is 29.8 Å². The first-order valence-electron chi connectivity index (χ1n) is 5.42. The Morgan fingerprint density at radius 2 is 2.11 bits per heavy atom. The molecular formula is C13H10ClFN2O2. The van der Waals surface area contributed by atoms with Gasteiger partial charge in [-0.05, 0) is 6.07 Å². The third-order valence-electron chi connectivity index (χ3n) is 2.48. The van der Waals surface area contributed by atoms with Gasteiger partial charge in [0.15, 0.2) is 6.04 Å². The SMILES string of the molecule is O=C(O)C(Nc1cncc(F)c1)c1ccccc1Cl. The number of aromatic nitrogens is 1. The lowest BCUT2D eigenvalue weighted by molar-refractivity contribution is -0.138. The van der Waals surface area contributed by atoms with Gasteiger partial charge in [0.2, 0.25) is 0 Å². The van der Waals surface area contributed by atoms with Crippen molar-refractivity contribution in [1.29, 1.82) is 0 Å². The van der Waals surface area contributed by atoms with Crippen molar-refractivity contribution >= 4 is 23.3 Å². The van der Waals surface area contributed by atoms with Gasteiger partial charge in [-0.3, -0.25) is 4.98 Å². The second-order valence-corrected chi connectivity index (χ2v) is 4.24. The summed E-state index contributed by atoms with van der Waals surface area (Å²) in [6.45, 7) is 0. The van der Waals surface area contributed by atoms with E-state index in [1.807, 2.05) is 0 Å². The maximum Gasteiger partial charge on any atom is 0.330 e. The molecule has 2 N–H and O–H groups in total. The van der Waals surface area contributed by atoms with Crippen LogP contribution in [0, 0.1) is 5.82 Å². The van der Waals surface area contributed by atoms with E-state index < -0.39 is 17.8 Å². The second kappa shape index (κ2) is 5.67. The number of nitrogens with one attached hydrogen (secondary N) is 1. The van der Waals surface area contributed by atoms with Crippen molar-refractivity contribution < 1.29 is 14.3 Å². The summed E-state index contributed by atoms with van der Waals surface area (Å²) < 4.78 is 13.0. The van der Waals surface area contributed by atoms with Gasteiger partial charge in [0.1, 0.15) is 5.82 Å². The number of rotatable bonds is 4. The van der Waals surface area contributed by atoms with E-state index in [1.54, 1.807) is 24.3 Å². The quantitative estimate of drug-likeness (QED) is 0.903. The monoisotopic (exact) mass is 280 g/mol. The molecule has 0 aliphatic rings. The summed E-state index contributed by atoms with van der Waals surface area (Å²) in [5, 5.41) is 12.3. The molecular weight excluding hydrogens is 271 g/mol. The molecule has 1 aromatic carbocycles. The molecule has 0 saturated carbocycles. The first kappa shape index (κ1) is 13.3. The smallest absolute Gasteiger partial charge is 0.330 e. The highest BCUT2D eigenvalue weighted by Crippen LogP contribution is 2.26. The van der Waals surface area contributed by atoms with E-state index in [0.29, 0.717) is 10.6 Å². The van der Waals surface area contributed by atoms with Gasteiger partial charge >= 0.3 is 5.97 Å². The fourth-order valence-electron chi connectivity index (χ4n) is 1.64. The van der Waals surface area contributed by atoms with E-state index in [-0.39, 0.29) is 5.69 Å². The Morgan fingerprint density at radius 1 is 1.37 bits per heavy atom. The molecule has 98 valence electrons. The molecule has 0 fully saturated rings. The molecule has 1 unspecified atom stereocenters. The number of carbonyl (C=O) groups is 1. The highest BCUT2D eigenvalue weighted by molar-refractivity contribution is 6.31. The average Bonchev–Trinajstić information content (AvgIpc) is 2.37. The molecule has 2 rings (SSSR count). The van der Waals surface area contributed by atoms with Gasteiger partial charge < -0.3 is 10.4 Å². The minimum absolute atomic E-state index is 0.271. The lowest BCUT2D eigenvalue weighted by Gasteiger charge is -2.17. The van der Waals surface area contributed by atoms with Crippen molar-refractivity contribution in [3.63, 3.8) is 0 Å². The number of pyridine rings is 1. The van der Waals surface area contributed by atoms with Crippen LogP contribution in [-0.4, -0.2) is 16.1 Å². The van der Waals surface area contributed by atoms with Crippen LogP contribution in [0.15, 0.2) is 42.7 Å². The number of hydrogen-bond donors (Lipinski definition) is 2. The maximum atomic E-state index is 13.0. The van der Waals surface area contributed by atoms with Crippen molar-refractivity contribution in [2.24, 2.45) is 0 Å². The summed E-state index contributed by atoms with van der Waals surface area (Å²) in [4.78, 5) is 15.0. The zero-order chi connectivity index (χ0) is 13.8. The fourth-order valence-corrected chi connectivity index (χ4v) is 1.88. The van der Waals surface area contributed by atoms with Gasteiger partial charge in [0.25, 0.3) is 0 Å². The first-order valence-corrected chi connectivity index (χ1v) is 5.80. The number of halogens is 2. The number of nitrogens with zero attached hydrogens (tertiary/aromatic N) is 1. The summed E-state index contributed by atoms with van der Waals surface area (Å²) in [7, 11) is 0. The summed E-state index contributed by atoms with van der Waals surface area (Å²) in [5.41, 5.74) is 0.674. The van der Waals surface area contributed by atoms with Crippen LogP contribution >= 0.6 is 11.6 Å². The number of anilines is 1. The summed E-state index contributed by atoms with van der Waals surface area (Å²) in [5.74, 6) is -1.66. The molecule has 1 heterocycles. The standard InChI is InChI=1S/C13H10ClFN2O2/c14-11-4-2-1-3-10(11)12(13(18)19)17-9-5-8(15)6-16-7-9/h1-7,12,17H,(H,18,19). The molecule has 2 aromatic rings. The number of carboxylic acid groups (broad SMARTS) is 1. The number of carboxylic acids is 1. The minimum Gasteiger partial charge on any atom is -0.479 e. The molecule has 0 radical (unpaired) electrons. The summed E-state index contributed by atoms with van der Waals surface area (Å²) in [6.07, 6.45) is 2.38. The van der Waals surface area contributed by atoms with Crippen LogP contribution in [0.3, 0.4) is 0 Å². The lowest BCUT2D eigenvalue weighted by Crippen LogP contribution is -2.21. The Balaban J connectivity index is 2.32. The molecule has 0 spiro atoms. The molecule has 0 saturated heterocycles. The van der Waals surface area contributed by atoms with Crippen LogP contribution in [0.4, 0.5) is 10.1 Å². The molecule has 19 heavy (non-hydrogen) atoms. The van der Waals surface area contributed by atoms with Crippen molar-refractivity contribution in [3.05, 3.63) is 59.1 Å². The van der Waals surface area contributed by atoms with Crippen LogP contribution in [0.5, 0.6) is 0 Å². The van der Waals surface area contributed by atoms with E-state index in [2.05, 4.69) is 10.3 Å². The lowest BCUT2D eigenvalue weighted by atomic mass is 10.1. The topological polar surface area (TPSA) is 62.2 Å². The zero-order valence-electron chi connectivity index (χ0n) is 9.68. The Labute approximate surface area is 113 Å². The van der Waals surface area contributed by atoms with E-state index in [1.165, 1.54) is 12.3 Å². The molecule has 0 bridgehead atoms. The third kappa shape index (κ3) is 3.20. The van der Waals surface area contributed by atoms with Crippen LogP contribution in [0.2, 0.25) is 5.02 Å². The third-order valence-corrected chi connectivity index (χ3v) is 2.82. The van der Waals surface area contributed by atoms with Crippen LogP contribution < -0.4 is 5.32 Å². The van der Waals surface area contributed by atoms with Gasteiger partial charge in [0, 0.05) is 16.7 Å². The van der Waals surface area contributed by atoms with Crippen molar-refractivity contribution in [2.75, 3.05) is 5.32 Å². The number of benzene rings is 1. The Hall–Kier alpha value is -2.14. The zero-order valence-corrected chi connectivity index (χ0v) is 10.4. The van der Waals surface area contributed by atoms with Crippen LogP contribution in [0.25, 0.3) is 0 Å². The number of hydrogen-bond acceptors (Lipinski definition) is 3. The van der Waals surface area contributed by atoms with Gasteiger partial charge in [-0.15, -0.1) is 0 Å². The van der Waals surface area contributed by atoms with Crippen molar-refractivity contribution in [1.82, 2.24) is 4.98 Å². The summed E-state index contributed by atoms with van der Waals surface area (Å²) >= 11 is 5.97. The largest absolute Gasteiger partial charge is 0.479 e. The molecule has 0 aliphatic carbocycles. The molecule has 1 atom stereocenters. The van der Waals surface area contributed by atoms with Gasteiger partial charge in [-0.2, -0.15) is 0 Å². The molecule has 0 aliphatic heterocycles. The summed E-state index contributed by atoms with van der Waals surface area (Å²) in [6, 6.07) is 6.67. The molecule has 1 aromatic heterocycles. The Bertz CT molecular complexity index is 607. The Kier molecular flexibility index (Phi) is 3.97. The highest BCUT2D eigenvalue weighted by atomic mass is 35.5. The molecule has 0 amide bonds. The minimum atomic E-state index is -1.11. The van der Waals surface area contributed by atoms with Gasteiger partial charge in [-0.25, -0.2) is 9.18 Å². The van der Waals surface area contributed by atoms with Crippen molar-refractivity contribution in [3.8, 4) is 0 Å². The maximum absolute atomic E-state index is 13.0. The van der Waals surface area contributed by atoms with E-state index in [4.69, 9.17) is 11.6 Å². The van der Waals surface area contributed by atoms with Crippen LogP contribution in [0.1, 0.15) is 11.6 Å². The Morgan fingerprint density at radius 3 is 2.74 bits per heavy atom. The highest BCUT2D eigenvalue weighted by Gasteiger charge is 2.22. The normalized spacial score (nSPS) is 11.9.